The Kier molecular flexibility index (Phi) is 8.24. The van der Waals surface area contributed by atoms with Gasteiger partial charge in [-0.3, -0.25) is 14.9 Å². The summed E-state index contributed by atoms with van der Waals surface area (Å²) in [6.45, 7) is 3.26. The summed E-state index contributed by atoms with van der Waals surface area (Å²) in [6.07, 6.45) is 1.52. The number of nitrogens with two attached hydrogens (primary N) is 1. The van der Waals surface area contributed by atoms with E-state index in [1.165, 1.54) is 25.1 Å². The monoisotopic (exact) mass is 473 g/mol. The number of anilines is 3. The third-order valence-corrected chi connectivity index (χ3v) is 5.24. The second kappa shape index (κ2) is 11.5. The summed E-state index contributed by atoms with van der Waals surface area (Å²) in [5.41, 5.74) is 8.43. The molecule has 0 saturated carbocycles. The molecule has 0 saturated heterocycles. The quantitative estimate of drug-likeness (QED) is 0.200. The molecular formula is C27H27N3O5. The molecule has 0 unspecified atom stereocenters. The summed E-state index contributed by atoms with van der Waals surface area (Å²) >= 11 is 0. The van der Waals surface area contributed by atoms with Gasteiger partial charge >= 0.3 is 6.09 Å². The van der Waals surface area contributed by atoms with Crippen molar-refractivity contribution in [1.29, 1.82) is 0 Å². The average molecular weight is 474 g/mol. The van der Waals surface area contributed by atoms with E-state index in [1.807, 2.05) is 0 Å². The average Bonchev–Trinajstić information content (AvgIpc) is 2.83. The lowest BCUT2D eigenvalue weighted by molar-refractivity contribution is -0.111. The number of nitrogens with one attached hydrogen (secondary N) is 2. The Balaban J connectivity index is 1.72. The van der Waals surface area contributed by atoms with Gasteiger partial charge in [-0.25, -0.2) is 4.79 Å². The van der Waals surface area contributed by atoms with Crippen LogP contribution in [0.1, 0.15) is 35.9 Å². The van der Waals surface area contributed by atoms with Crippen molar-refractivity contribution >= 4 is 34.8 Å². The smallest absolute Gasteiger partial charge is 0.412 e. The lowest BCUT2D eigenvalue weighted by Gasteiger charge is -2.23. The molecule has 0 aliphatic carbocycles. The highest BCUT2D eigenvalue weighted by atomic mass is 16.6. The van der Waals surface area contributed by atoms with E-state index in [-0.39, 0.29) is 17.4 Å². The van der Waals surface area contributed by atoms with Crippen molar-refractivity contribution in [3.05, 3.63) is 96.1 Å². The van der Waals surface area contributed by atoms with Crippen LogP contribution in [0, 0.1) is 5.92 Å². The van der Waals surface area contributed by atoms with Crippen molar-refractivity contribution in [3.8, 4) is 5.75 Å². The number of ether oxygens (including phenoxy) is 1. The molecule has 0 aromatic heterocycles. The van der Waals surface area contributed by atoms with E-state index in [1.54, 1.807) is 73.7 Å². The topological polar surface area (TPSA) is 131 Å². The maximum Gasteiger partial charge on any atom is 0.412 e. The van der Waals surface area contributed by atoms with Crippen LogP contribution < -0.4 is 16.4 Å². The molecule has 3 aromatic carbocycles. The number of benzene rings is 3. The second-order valence-electron chi connectivity index (χ2n) is 7.97. The minimum atomic E-state index is -0.752. The molecule has 3 rings (SSSR count). The van der Waals surface area contributed by atoms with Crippen molar-refractivity contribution in [3.63, 3.8) is 0 Å². The maximum absolute atomic E-state index is 12.6. The summed E-state index contributed by atoms with van der Waals surface area (Å²) in [7, 11) is 0. The molecule has 3 aromatic rings. The van der Waals surface area contributed by atoms with Crippen LogP contribution in [0.5, 0.6) is 5.75 Å². The summed E-state index contributed by atoms with van der Waals surface area (Å²) in [5, 5.41) is 15.0. The Morgan fingerprint density at radius 1 is 0.943 bits per heavy atom. The number of aromatic hydroxyl groups is 1. The number of hydrogen-bond acceptors (Lipinski definition) is 6. The van der Waals surface area contributed by atoms with Gasteiger partial charge in [0.2, 0.25) is 5.91 Å². The van der Waals surface area contributed by atoms with Crippen molar-refractivity contribution in [1.82, 2.24) is 0 Å². The fourth-order valence-electron chi connectivity index (χ4n) is 3.32. The van der Waals surface area contributed by atoms with Crippen molar-refractivity contribution < 1.29 is 24.2 Å². The molecule has 0 spiro atoms. The lowest BCUT2D eigenvalue weighted by atomic mass is 9.96. The number of Topliss-reactive ketones (excluding diaryl/α,β-unsaturated/α-hetero) is 1. The number of carbonyl (C=O) groups excluding carboxylic acids is 3. The van der Waals surface area contributed by atoms with Crippen molar-refractivity contribution in [2.75, 3.05) is 16.4 Å². The zero-order chi connectivity index (χ0) is 25.4. The number of carbonyl (C=O) groups is 3. The van der Waals surface area contributed by atoms with Crippen LogP contribution in [0.25, 0.3) is 0 Å². The van der Waals surface area contributed by atoms with E-state index in [0.717, 1.165) is 0 Å². The molecule has 0 fully saturated rings. The molecule has 0 aliphatic rings. The Morgan fingerprint density at radius 3 is 2.23 bits per heavy atom. The van der Waals surface area contributed by atoms with Crippen LogP contribution in [-0.2, 0) is 9.53 Å². The number of nitrogen functional groups attached to an aromatic ring is 1. The zero-order valence-electron chi connectivity index (χ0n) is 19.4. The van der Waals surface area contributed by atoms with E-state index in [4.69, 9.17) is 10.5 Å². The molecule has 8 heteroatoms. The molecular weight excluding hydrogens is 446 g/mol. The normalized spacial score (nSPS) is 12.5. The Morgan fingerprint density at radius 2 is 1.60 bits per heavy atom. The van der Waals surface area contributed by atoms with Crippen LogP contribution in [0.3, 0.4) is 0 Å². The highest BCUT2D eigenvalue weighted by molar-refractivity contribution is 6.01. The molecule has 0 bridgehead atoms. The van der Waals surface area contributed by atoms with Gasteiger partial charge in [-0.1, -0.05) is 37.3 Å². The fourth-order valence-corrected chi connectivity index (χ4v) is 3.32. The Bertz CT molecular complexity index is 1220. The number of para-hydroxylation sites is 2. The van der Waals surface area contributed by atoms with Crippen LogP contribution in [0.4, 0.5) is 21.9 Å². The predicted molar refractivity (Wildman–Crippen MR) is 135 cm³/mol. The van der Waals surface area contributed by atoms with E-state index in [2.05, 4.69) is 10.6 Å². The molecule has 8 nitrogen and oxygen atoms in total. The summed E-state index contributed by atoms with van der Waals surface area (Å²) in [4.78, 5) is 36.5. The SMILES string of the molecule is CC(=O)c1ccc(NC(=O)O[C@@H](c2ccc(O)cc2)[C@H](C)/C=C/C(=O)Nc2ccccc2N)cc1. The molecule has 2 amide bonds. The van der Waals surface area contributed by atoms with Gasteiger partial charge in [-0.05, 0) is 67.1 Å². The zero-order valence-corrected chi connectivity index (χ0v) is 19.4. The first-order chi connectivity index (χ1) is 16.7. The Hall–Kier alpha value is -4.59. The number of phenolic OH excluding ortho intramolecular Hbond substituents is 1. The van der Waals surface area contributed by atoms with E-state index < -0.39 is 18.1 Å². The van der Waals surface area contributed by atoms with Gasteiger partial charge in [-0.15, -0.1) is 0 Å². The summed E-state index contributed by atoms with van der Waals surface area (Å²) < 4.78 is 5.69. The van der Waals surface area contributed by atoms with Crippen LogP contribution in [-0.4, -0.2) is 22.9 Å². The molecule has 35 heavy (non-hydrogen) atoms. The molecule has 2 atom stereocenters. The van der Waals surface area contributed by atoms with Crippen molar-refractivity contribution in [2.45, 2.75) is 20.0 Å². The van der Waals surface area contributed by atoms with Crippen molar-refractivity contribution in [2.24, 2.45) is 5.92 Å². The van der Waals surface area contributed by atoms with Gasteiger partial charge < -0.3 is 20.9 Å². The predicted octanol–water partition coefficient (Wildman–Crippen LogP) is 5.30. The Labute approximate surface area is 203 Å². The standard InChI is InChI=1S/C27H27N3O5/c1-17(7-16-25(33)30-24-6-4-3-5-23(24)28)26(20-10-14-22(32)15-11-20)35-27(34)29-21-12-8-19(9-13-21)18(2)31/h3-17,26,32H,28H2,1-2H3,(H,29,34)(H,30,33)/b16-7+/t17-,26-/m1/s1. The second-order valence-corrected chi connectivity index (χ2v) is 7.97. The highest BCUT2D eigenvalue weighted by Gasteiger charge is 2.23. The van der Waals surface area contributed by atoms with Crippen LogP contribution in [0.15, 0.2) is 84.9 Å². The van der Waals surface area contributed by atoms with Gasteiger partial charge in [0.05, 0.1) is 11.4 Å². The largest absolute Gasteiger partial charge is 0.508 e. The molecule has 5 N–H and O–H groups in total. The van der Waals surface area contributed by atoms with E-state index in [0.29, 0.717) is 28.2 Å². The number of ketones is 1. The van der Waals surface area contributed by atoms with Gasteiger partial charge in [0, 0.05) is 17.2 Å². The summed E-state index contributed by atoms with van der Waals surface area (Å²) in [5.74, 6) is -0.782. The van der Waals surface area contributed by atoms with Gasteiger partial charge in [0.25, 0.3) is 0 Å². The number of rotatable bonds is 8. The van der Waals surface area contributed by atoms with Gasteiger partial charge in [0.15, 0.2) is 5.78 Å². The molecule has 0 aliphatic heterocycles. The third kappa shape index (κ3) is 7.20. The first-order valence-electron chi connectivity index (χ1n) is 10.9. The van der Waals surface area contributed by atoms with Gasteiger partial charge in [-0.2, -0.15) is 0 Å². The minimum Gasteiger partial charge on any atom is -0.508 e. The number of phenols is 1. The molecule has 0 radical (unpaired) electrons. The van der Waals surface area contributed by atoms with Gasteiger partial charge in [0.1, 0.15) is 11.9 Å². The van der Waals surface area contributed by atoms with Crippen LogP contribution >= 0.6 is 0 Å². The van der Waals surface area contributed by atoms with E-state index in [9.17, 15) is 19.5 Å². The molecule has 0 heterocycles. The highest BCUT2D eigenvalue weighted by Crippen LogP contribution is 2.29. The number of hydrogen-bond donors (Lipinski definition) is 4. The first kappa shape index (κ1) is 25.0. The first-order valence-corrected chi connectivity index (χ1v) is 10.9. The third-order valence-electron chi connectivity index (χ3n) is 5.24. The lowest BCUT2D eigenvalue weighted by Crippen LogP contribution is -2.21. The summed E-state index contributed by atoms with van der Waals surface area (Å²) in [6, 6.07) is 19.6. The van der Waals surface area contributed by atoms with Crippen LogP contribution in [0.2, 0.25) is 0 Å². The van der Waals surface area contributed by atoms with E-state index >= 15 is 0 Å². The minimum absolute atomic E-state index is 0.0746. The molecule has 180 valence electrons. The fraction of sp³-hybridized carbons (Fsp3) is 0.148. The number of amides is 2. The maximum atomic E-state index is 12.6.